The quantitative estimate of drug-likeness (QED) is 0.259. The molecule has 1 aromatic rings. The van der Waals surface area contributed by atoms with Gasteiger partial charge in [0, 0.05) is 26.3 Å². The van der Waals surface area contributed by atoms with Crippen LogP contribution in [-0.4, -0.2) is 70.4 Å². The van der Waals surface area contributed by atoms with Crippen molar-refractivity contribution in [1.82, 2.24) is 10.6 Å². The number of methoxy groups -OCH3 is 1. The molecule has 0 saturated carbocycles. The van der Waals surface area contributed by atoms with E-state index in [1.165, 1.54) is 0 Å². The van der Waals surface area contributed by atoms with Gasteiger partial charge in [-0.05, 0) is 43.9 Å². The van der Waals surface area contributed by atoms with E-state index in [0.717, 1.165) is 50.5 Å². The number of ether oxygens (including phenoxy) is 4. The van der Waals surface area contributed by atoms with Crippen LogP contribution in [-0.2, 0) is 16.0 Å². The number of aliphatic hydroxyl groups excluding tert-OH is 1. The van der Waals surface area contributed by atoms with Gasteiger partial charge in [0.25, 0.3) is 0 Å². The summed E-state index contributed by atoms with van der Waals surface area (Å²) in [6.45, 7) is 6.59. The fourth-order valence-electron chi connectivity index (χ4n) is 2.97. The molecule has 8 heteroatoms. The monoisotopic (exact) mass is 409 g/mol. The van der Waals surface area contributed by atoms with Gasteiger partial charge in [-0.2, -0.15) is 0 Å². The summed E-state index contributed by atoms with van der Waals surface area (Å²) in [5, 5.41) is 15.5. The smallest absolute Gasteiger partial charge is 0.191 e. The highest BCUT2D eigenvalue weighted by atomic mass is 16.5. The predicted molar refractivity (Wildman–Crippen MR) is 113 cm³/mol. The van der Waals surface area contributed by atoms with Gasteiger partial charge in [-0.1, -0.05) is 6.07 Å². The third kappa shape index (κ3) is 8.89. The first-order valence-corrected chi connectivity index (χ1v) is 10.4. The lowest BCUT2D eigenvalue weighted by Gasteiger charge is -2.13. The van der Waals surface area contributed by atoms with Crippen molar-refractivity contribution in [3.63, 3.8) is 0 Å². The van der Waals surface area contributed by atoms with Crippen molar-refractivity contribution in [2.45, 2.75) is 38.8 Å². The lowest BCUT2D eigenvalue weighted by atomic mass is 10.2. The van der Waals surface area contributed by atoms with E-state index in [9.17, 15) is 0 Å². The second kappa shape index (κ2) is 14.0. The average molecular weight is 410 g/mol. The molecule has 0 aromatic heterocycles. The number of rotatable bonds is 13. The number of guanidine groups is 1. The molecule has 2 rings (SSSR count). The van der Waals surface area contributed by atoms with Crippen LogP contribution in [0.5, 0.6) is 11.5 Å². The Bertz CT molecular complexity index is 606. The summed E-state index contributed by atoms with van der Waals surface area (Å²) in [6, 6.07) is 5.69. The molecule has 8 nitrogen and oxygen atoms in total. The number of hydrogen-bond donors (Lipinski definition) is 3. The Morgan fingerprint density at radius 1 is 1.28 bits per heavy atom. The minimum Gasteiger partial charge on any atom is -0.493 e. The maximum absolute atomic E-state index is 8.90. The topological polar surface area (TPSA) is 93.6 Å². The second-order valence-electron chi connectivity index (χ2n) is 6.74. The van der Waals surface area contributed by atoms with Crippen LogP contribution >= 0.6 is 0 Å². The molecule has 1 aromatic carbocycles. The summed E-state index contributed by atoms with van der Waals surface area (Å²) in [7, 11) is 1.60. The van der Waals surface area contributed by atoms with E-state index in [1.54, 1.807) is 7.11 Å². The summed E-state index contributed by atoms with van der Waals surface area (Å²) in [6.07, 6.45) is 3.43. The molecule has 1 saturated heterocycles. The summed E-state index contributed by atoms with van der Waals surface area (Å²) >= 11 is 0. The maximum Gasteiger partial charge on any atom is 0.191 e. The van der Waals surface area contributed by atoms with Gasteiger partial charge in [-0.15, -0.1) is 0 Å². The zero-order chi connectivity index (χ0) is 20.7. The number of nitrogens with one attached hydrogen (secondary N) is 2. The SMILES string of the molecule is CCNC(=NCc1ccc(OCCO)c(OC)c1)NCCCOCC1CCCO1. The van der Waals surface area contributed by atoms with Gasteiger partial charge in [0.15, 0.2) is 17.5 Å². The molecular weight excluding hydrogens is 374 g/mol. The molecule has 164 valence electrons. The molecule has 0 spiro atoms. The molecule has 1 aliphatic rings. The molecule has 1 unspecified atom stereocenters. The van der Waals surface area contributed by atoms with E-state index in [2.05, 4.69) is 15.6 Å². The van der Waals surface area contributed by atoms with Gasteiger partial charge < -0.3 is 34.7 Å². The Morgan fingerprint density at radius 3 is 2.90 bits per heavy atom. The number of aliphatic imine (C=N–C) groups is 1. The normalized spacial score (nSPS) is 16.7. The zero-order valence-electron chi connectivity index (χ0n) is 17.6. The van der Waals surface area contributed by atoms with E-state index in [1.807, 2.05) is 25.1 Å². The first-order valence-electron chi connectivity index (χ1n) is 10.4. The van der Waals surface area contributed by atoms with Crippen molar-refractivity contribution in [2.24, 2.45) is 4.99 Å². The minimum atomic E-state index is -0.0354. The van der Waals surface area contributed by atoms with Gasteiger partial charge in [0.05, 0.1) is 33.0 Å². The molecular formula is C21H35N3O5. The molecule has 1 heterocycles. The molecule has 0 aliphatic carbocycles. The van der Waals surface area contributed by atoms with Crippen LogP contribution in [0.4, 0.5) is 0 Å². The van der Waals surface area contributed by atoms with Crippen molar-refractivity contribution in [3.8, 4) is 11.5 Å². The first-order chi connectivity index (χ1) is 14.3. The predicted octanol–water partition coefficient (Wildman–Crippen LogP) is 1.71. The lowest BCUT2D eigenvalue weighted by Crippen LogP contribution is -2.38. The minimum absolute atomic E-state index is 0.0354. The first kappa shape index (κ1) is 23.3. The Balaban J connectivity index is 1.75. The van der Waals surface area contributed by atoms with Gasteiger partial charge in [0.1, 0.15) is 6.61 Å². The van der Waals surface area contributed by atoms with Crippen LogP contribution in [0.25, 0.3) is 0 Å². The molecule has 1 fully saturated rings. The van der Waals surface area contributed by atoms with Crippen molar-refractivity contribution >= 4 is 5.96 Å². The fraction of sp³-hybridized carbons (Fsp3) is 0.667. The van der Waals surface area contributed by atoms with Gasteiger partial charge in [0.2, 0.25) is 0 Å². The van der Waals surface area contributed by atoms with Gasteiger partial charge in [-0.25, -0.2) is 4.99 Å². The Labute approximate surface area is 173 Å². The third-order valence-electron chi connectivity index (χ3n) is 4.43. The van der Waals surface area contributed by atoms with Crippen LogP contribution in [0.15, 0.2) is 23.2 Å². The fourth-order valence-corrected chi connectivity index (χ4v) is 2.97. The number of benzene rings is 1. The van der Waals surface area contributed by atoms with E-state index in [4.69, 9.17) is 24.1 Å². The number of aliphatic hydroxyl groups is 1. The number of nitrogens with zero attached hydrogens (tertiary/aromatic N) is 1. The largest absolute Gasteiger partial charge is 0.493 e. The molecule has 29 heavy (non-hydrogen) atoms. The van der Waals surface area contributed by atoms with Gasteiger partial charge in [-0.3, -0.25) is 0 Å². The summed E-state index contributed by atoms with van der Waals surface area (Å²) in [5.74, 6) is 2.01. The van der Waals surface area contributed by atoms with Crippen LogP contribution in [0.3, 0.4) is 0 Å². The average Bonchev–Trinajstić information content (AvgIpc) is 3.26. The van der Waals surface area contributed by atoms with Crippen LogP contribution < -0.4 is 20.1 Å². The maximum atomic E-state index is 8.90. The van der Waals surface area contributed by atoms with Crippen LogP contribution in [0.1, 0.15) is 31.7 Å². The lowest BCUT2D eigenvalue weighted by molar-refractivity contribution is 0.0168. The summed E-state index contributed by atoms with van der Waals surface area (Å²) < 4.78 is 22.1. The van der Waals surface area contributed by atoms with Crippen LogP contribution in [0, 0.1) is 0 Å². The Kier molecular flexibility index (Phi) is 11.3. The van der Waals surface area contributed by atoms with E-state index < -0.39 is 0 Å². The number of hydrogen-bond acceptors (Lipinski definition) is 6. The molecule has 1 atom stereocenters. The van der Waals surface area contributed by atoms with Crippen molar-refractivity contribution < 1.29 is 24.1 Å². The van der Waals surface area contributed by atoms with Crippen molar-refractivity contribution in [2.75, 3.05) is 53.2 Å². The highest BCUT2D eigenvalue weighted by Gasteiger charge is 2.14. The molecule has 3 N–H and O–H groups in total. The standard InChI is InChI=1S/C21H35N3O5/c1-3-22-21(23-9-5-11-27-16-18-6-4-12-28-18)24-15-17-7-8-19(29-13-10-25)20(14-17)26-2/h7-8,14,18,25H,3-6,9-13,15-16H2,1-2H3,(H2,22,23,24). The molecule has 0 radical (unpaired) electrons. The second-order valence-corrected chi connectivity index (χ2v) is 6.74. The zero-order valence-corrected chi connectivity index (χ0v) is 17.6. The molecule has 0 amide bonds. The molecule has 0 bridgehead atoms. The van der Waals surface area contributed by atoms with E-state index >= 15 is 0 Å². The molecule has 1 aliphatic heterocycles. The Hall–Kier alpha value is -2.03. The summed E-state index contributed by atoms with van der Waals surface area (Å²) in [4.78, 5) is 4.63. The summed E-state index contributed by atoms with van der Waals surface area (Å²) in [5.41, 5.74) is 1.01. The third-order valence-corrected chi connectivity index (χ3v) is 4.43. The highest BCUT2D eigenvalue weighted by molar-refractivity contribution is 5.79. The Morgan fingerprint density at radius 2 is 2.17 bits per heavy atom. The van der Waals surface area contributed by atoms with Crippen molar-refractivity contribution in [3.05, 3.63) is 23.8 Å². The van der Waals surface area contributed by atoms with Gasteiger partial charge >= 0.3 is 0 Å². The van der Waals surface area contributed by atoms with E-state index in [-0.39, 0.29) is 19.3 Å². The van der Waals surface area contributed by atoms with E-state index in [0.29, 0.717) is 31.3 Å². The van der Waals surface area contributed by atoms with Crippen molar-refractivity contribution in [1.29, 1.82) is 0 Å². The van der Waals surface area contributed by atoms with Crippen LogP contribution in [0.2, 0.25) is 0 Å². The highest BCUT2D eigenvalue weighted by Crippen LogP contribution is 2.28.